The quantitative estimate of drug-likeness (QED) is 0.494. The molecule has 2 saturated carbocycles. The van der Waals surface area contributed by atoms with E-state index >= 15 is 0 Å². The minimum atomic E-state index is -2.48. The first-order valence-corrected chi connectivity index (χ1v) is 13.1. The maximum atomic E-state index is 12.9. The van der Waals surface area contributed by atoms with Crippen molar-refractivity contribution in [3.63, 3.8) is 0 Å². The number of benzene rings is 1. The largest absolute Gasteiger partial charge is 0.464 e. The number of fused-ring (bicyclic) bond motifs is 3. The van der Waals surface area contributed by atoms with Gasteiger partial charge in [0.15, 0.2) is 6.61 Å². The van der Waals surface area contributed by atoms with Crippen molar-refractivity contribution in [1.29, 1.82) is 0 Å². The summed E-state index contributed by atoms with van der Waals surface area (Å²) in [5, 5.41) is 4.52. The van der Waals surface area contributed by atoms with Crippen LogP contribution in [0.3, 0.4) is 0 Å². The second-order valence-electron chi connectivity index (χ2n) is 9.88. The molecule has 2 aliphatic carbocycles. The Balaban J connectivity index is 0.965. The number of ether oxygens (including phenoxy) is 1. The van der Waals surface area contributed by atoms with Gasteiger partial charge < -0.3 is 10.1 Å². The van der Waals surface area contributed by atoms with Crippen LogP contribution >= 0.6 is 11.3 Å². The zero-order valence-corrected chi connectivity index (χ0v) is 20.1. The third-order valence-corrected chi connectivity index (χ3v) is 8.82. The van der Waals surface area contributed by atoms with Gasteiger partial charge in [0.25, 0.3) is 17.5 Å². The number of nitrogens with zero attached hydrogens (tertiary/aromatic N) is 3. The molecule has 3 aromatic rings. The molecule has 4 atom stereocenters. The molecule has 3 unspecified atom stereocenters. The van der Waals surface area contributed by atoms with Gasteiger partial charge in [-0.05, 0) is 68.2 Å². The van der Waals surface area contributed by atoms with Crippen molar-refractivity contribution in [2.24, 2.45) is 17.8 Å². The van der Waals surface area contributed by atoms with Gasteiger partial charge in [-0.3, -0.25) is 14.7 Å². The van der Waals surface area contributed by atoms with Gasteiger partial charge >= 0.3 is 0 Å². The van der Waals surface area contributed by atoms with Gasteiger partial charge in [-0.15, -0.1) is 0 Å². The maximum Gasteiger partial charge on any atom is 0.273 e. The van der Waals surface area contributed by atoms with Crippen LogP contribution < -0.4 is 10.1 Å². The van der Waals surface area contributed by atoms with Crippen LogP contribution in [-0.4, -0.2) is 52.9 Å². The minimum Gasteiger partial charge on any atom is -0.464 e. The van der Waals surface area contributed by atoms with E-state index in [0.29, 0.717) is 22.6 Å². The number of pyridine rings is 1. The molecule has 0 bridgehead atoms. The van der Waals surface area contributed by atoms with E-state index in [1.54, 1.807) is 6.20 Å². The highest BCUT2D eigenvalue weighted by molar-refractivity contribution is 7.13. The molecule has 6 rings (SSSR count). The lowest BCUT2D eigenvalue weighted by atomic mass is 10.0. The van der Waals surface area contributed by atoms with Crippen LogP contribution in [0.15, 0.2) is 36.5 Å². The summed E-state index contributed by atoms with van der Waals surface area (Å²) in [5.41, 5.74) is 2.52. The number of rotatable bonds is 8. The summed E-state index contributed by atoms with van der Waals surface area (Å²) in [5.74, 6) is 2.16. The average Bonchev–Trinajstić information content (AvgIpc) is 3.17. The number of nitrogens with one attached hydrogen (secondary N) is 1. The molecule has 1 N–H and O–H groups in total. The third-order valence-electron chi connectivity index (χ3n) is 7.75. The highest BCUT2D eigenvalue weighted by atomic mass is 32.1. The van der Waals surface area contributed by atoms with Crippen LogP contribution in [0.1, 0.15) is 40.2 Å². The highest BCUT2D eigenvalue weighted by Crippen LogP contribution is 2.59. The third kappa shape index (κ3) is 4.76. The fraction of sp³-hybridized carbons (Fsp3) is 0.500. The SMILES string of the molecule is O=C(NC1CC2C(CCN3CCc4sc(OCC(F)F)nc4C3)[C@@H]2C1)c1cccc2ncccc12. The number of alkyl halides is 2. The Morgan fingerprint density at radius 3 is 2.91 bits per heavy atom. The lowest BCUT2D eigenvalue weighted by Crippen LogP contribution is -2.34. The fourth-order valence-electron chi connectivity index (χ4n) is 6.03. The molecular weight excluding hydrogens is 470 g/mol. The van der Waals surface area contributed by atoms with Gasteiger partial charge in [0, 0.05) is 41.2 Å². The summed E-state index contributed by atoms with van der Waals surface area (Å²) < 4.78 is 29.9. The van der Waals surface area contributed by atoms with E-state index < -0.39 is 13.0 Å². The molecule has 9 heteroatoms. The van der Waals surface area contributed by atoms with E-state index in [1.807, 2.05) is 30.3 Å². The van der Waals surface area contributed by atoms with E-state index in [4.69, 9.17) is 4.74 Å². The number of aromatic nitrogens is 2. The summed E-state index contributed by atoms with van der Waals surface area (Å²) in [4.78, 5) is 25.3. The van der Waals surface area contributed by atoms with Crippen LogP contribution in [0.25, 0.3) is 10.9 Å². The molecule has 0 radical (unpaired) electrons. The monoisotopic (exact) mass is 498 g/mol. The molecule has 6 nitrogen and oxygen atoms in total. The smallest absolute Gasteiger partial charge is 0.273 e. The summed E-state index contributed by atoms with van der Waals surface area (Å²) in [6, 6.07) is 9.76. The van der Waals surface area contributed by atoms with Crippen molar-refractivity contribution in [3.8, 4) is 5.19 Å². The summed E-state index contributed by atoms with van der Waals surface area (Å²) in [6.45, 7) is 2.18. The van der Waals surface area contributed by atoms with Crippen molar-refractivity contribution < 1.29 is 18.3 Å². The molecular formula is C26H28F2N4O2S. The van der Waals surface area contributed by atoms with Crippen molar-refractivity contribution >= 4 is 28.1 Å². The number of amides is 1. The zero-order chi connectivity index (χ0) is 23.9. The summed E-state index contributed by atoms with van der Waals surface area (Å²) in [7, 11) is 0. The molecule has 0 spiro atoms. The highest BCUT2D eigenvalue weighted by Gasteiger charge is 2.55. The van der Waals surface area contributed by atoms with Crippen LogP contribution in [-0.2, 0) is 13.0 Å². The molecule has 184 valence electrons. The number of hydrogen-bond donors (Lipinski definition) is 1. The molecule has 0 saturated heterocycles. The van der Waals surface area contributed by atoms with Gasteiger partial charge in [-0.25, -0.2) is 13.8 Å². The van der Waals surface area contributed by atoms with E-state index in [1.165, 1.54) is 17.8 Å². The van der Waals surface area contributed by atoms with Crippen molar-refractivity contribution in [2.45, 2.75) is 44.7 Å². The van der Waals surface area contributed by atoms with Gasteiger partial charge in [0.1, 0.15) is 0 Å². The Morgan fingerprint density at radius 2 is 2.09 bits per heavy atom. The van der Waals surface area contributed by atoms with Gasteiger partial charge in [-0.2, -0.15) is 0 Å². The predicted molar refractivity (Wildman–Crippen MR) is 130 cm³/mol. The fourth-order valence-corrected chi connectivity index (χ4v) is 6.95. The lowest BCUT2D eigenvalue weighted by Gasteiger charge is -2.26. The molecule has 1 amide bonds. The number of hydrogen-bond acceptors (Lipinski definition) is 6. The summed E-state index contributed by atoms with van der Waals surface area (Å²) >= 11 is 1.40. The molecule has 35 heavy (non-hydrogen) atoms. The minimum absolute atomic E-state index is 0.00395. The Kier molecular flexibility index (Phi) is 6.14. The van der Waals surface area contributed by atoms with Gasteiger partial charge in [-0.1, -0.05) is 23.5 Å². The van der Waals surface area contributed by atoms with E-state index in [-0.39, 0.29) is 11.9 Å². The second-order valence-corrected chi connectivity index (χ2v) is 10.9. The number of carbonyl (C=O) groups is 1. The van der Waals surface area contributed by atoms with Gasteiger partial charge in [0.05, 0.1) is 11.2 Å². The number of thiazole rings is 1. The van der Waals surface area contributed by atoms with Crippen molar-refractivity contribution in [2.75, 3.05) is 19.7 Å². The predicted octanol–water partition coefficient (Wildman–Crippen LogP) is 4.54. The first kappa shape index (κ1) is 22.8. The Morgan fingerprint density at radius 1 is 1.23 bits per heavy atom. The lowest BCUT2D eigenvalue weighted by molar-refractivity contribution is 0.0815. The Labute approximate surface area is 206 Å². The van der Waals surface area contributed by atoms with Crippen LogP contribution in [0.2, 0.25) is 0 Å². The van der Waals surface area contributed by atoms with Crippen LogP contribution in [0, 0.1) is 17.8 Å². The Bertz CT molecular complexity index is 1220. The van der Waals surface area contributed by atoms with Crippen molar-refractivity contribution in [3.05, 3.63) is 52.7 Å². The normalized spacial score (nSPS) is 25.5. The first-order valence-electron chi connectivity index (χ1n) is 12.3. The zero-order valence-electron chi connectivity index (χ0n) is 19.3. The average molecular weight is 499 g/mol. The summed E-state index contributed by atoms with van der Waals surface area (Å²) in [6.07, 6.45) is 3.46. The molecule has 1 aliphatic heterocycles. The maximum absolute atomic E-state index is 12.9. The number of carbonyl (C=O) groups excluding carboxylic acids is 1. The Hall–Kier alpha value is -2.65. The first-order chi connectivity index (χ1) is 17.0. The van der Waals surface area contributed by atoms with Crippen LogP contribution in [0.5, 0.6) is 5.19 Å². The second kappa shape index (κ2) is 9.43. The molecule has 3 aliphatic rings. The van der Waals surface area contributed by atoms with Gasteiger partial charge in [0.2, 0.25) is 0 Å². The molecule has 2 fully saturated rings. The standard InChI is InChI=1S/C26H28F2N4O2S/c27-24(28)14-34-26-31-22-13-32(10-7-23(22)35-26)9-6-16-19-11-15(12-20(16)19)30-25(33)18-3-1-5-21-17(18)4-2-8-29-21/h1-5,8,15-16,19-20,24H,6-7,9-14H2,(H,30,33)/t15?,16?,19-,20?/m0/s1. The van der Waals surface area contributed by atoms with E-state index in [0.717, 1.165) is 66.3 Å². The van der Waals surface area contributed by atoms with Crippen molar-refractivity contribution in [1.82, 2.24) is 20.2 Å². The van der Waals surface area contributed by atoms with E-state index in [2.05, 4.69) is 20.2 Å². The molecule has 1 aromatic carbocycles. The van der Waals surface area contributed by atoms with Crippen LogP contribution in [0.4, 0.5) is 8.78 Å². The number of halogens is 2. The van der Waals surface area contributed by atoms with E-state index in [9.17, 15) is 13.6 Å². The molecule has 3 heterocycles. The topological polar surface area (TPSA) is 67.4 Å². The molecule has 2 aromatic heterocycles.